The van der Waals surface area contributed by atoms with E-state index in [-0.39, 0.29) is 30.0 Å². The first-order chi connectivity index (χ1) is 19.9. The molecule has 0 bridgehead atoms. The van der Waals surface area contributed by atoms with Crippen LogP contribution in [-0.2, 0) is 20.7 Å². The molecule has 2 atom stereocenters. The molecule has 0 aliphatic heterocycles. The highest BCUT2D eigenvalue weighted by atomic mass is 16.6. The second-order valence-corrected chi connectivity index (χ2v) is 12.6. The number of nitrogens with one attached hydrogen (secondary N) is 2. The van der Waals surface area contributed by atoms with Crippen LogP contribution in [0.2, 0.25) is 0 Å². The minimum absolute atomic E-state index is 0.0784. The molecule has 1 aliphatic carbocycles. The standard InChI is InChI=1S/C34H49N3O5/c1-7-8-20-37(30(28-21-23(2)14-15-24(28)3)31(39)35-26-12-10-9-11-13-26)32(40)29(36-33(41)42-34(4,5)6)22-25-16-18-27(38)19-17-25/h14-19,21,26,29-30,38H,7-13,20,22H2,1-6H3,(H,35,39)(H,36,41). The molecule has 230 valence electrons. The van der Waals surface area contributed by atoms with E-state index in [1.165, 1.54) is 6.42 Å². The van der Waals surface area contributed by atoms with Gasteiger partial charge in [0.1, 0.15) is 23.4 Å². The number of carbonyl (C=O) groups is 3. The van der Waals surface area contributed by atoms with Crippen molar-refractivity contribution in [2.24, 2.45) is 0 Å². The van der Waals surface area contributed by atoms with E-state index < -0.39 is 23.8 Å². The van der Waals surface area contributed by atoms with Crippen LogP contribution < -0.4 is 10.6 Å². The Kier molecular flexibility index (Phi) is 11.8. The molecule has 8 heteroatoms. The third-order valence-corrected chi connectivity index (χ3v) is 7.64. The van der Waals surface area contributed by atoms with Crippen molar-refractivity contribution in [1.82, 2.24) is 15.5 Å². The molecule has 1 saturated carbocycles. The van der Waals surface area contributed by atoms with Crippen LogP contribution >= 0.6 is 0 Å². The van der Waals surface area contributed by atoms with E-state index in [2.05, 4.69) is 10.6 Å². The Bertz CT molecular complexity index is 1200. The number of unbranched alkanes of at least 4 members (excludes halogenated alkanes) is 1. The summed E-state index contributed by atoms with van der Waals surface area (Å²) in [6.07, 6.45) is 6.17. The molecular formula is C34H49N3O5. The summed E-state index contributed by atoms with van der Waals surface area (Å²) >= 11 is 0. The highest BCUT2D eigenvalue weighted by molar-refractivity contribution is 5.92. The molecule has 0 spiro atoms. The number of alkyl carbamates (subject to hydrolysis) is 1. The normalized spacial score (nSPS) is 15.4. The first kappa shape index (κ1) is 33.0. The van der Waals surface area contributed by atoms with Crippen molar-refractivity contribution >= 4 is 17.9 Å². The van der Waals surface area contributed by atoms with E-state index in [1.54, 1.807) is 49.9 Å². The van der Waals surface area contributed by atoms with E-state index >= 15 is 0 Å². The molecule has 0 saturated heterocycles. The Morgan fingerprint density at radius 1 is 1.02 bits per heavy atom. The number of phenolic OH excluding ortho intramolecular Hbond substituents is 1. The van der Waals surface area contributed by atoms with Gasteiger partial charge in [-0.2, -0.15) is 0 Å². The van der Waals surface area contributed by atoms with Crippen LogP contribution in [0.1, 0.15) is 101 Å². The zero-order chi connectivity index (χ0) is 30.9. The van der Waals surface area contributed by atoms with Gasteiger partial charge in [-0.15, -0.1) is 0 Å². The zero-order valence-electron chi connectivity index (χ0n) is 26.2. The van der Waals surface area contributed by atoms with Crippen molar-refractivity contribution in [2.45, 2.75) is 117 Å². The fourth-order valence-corrected chi connectivity index (χ4v) is 5.44. The lowest BCUT2D eigenvalue weighted by Gasteiger charge is -2.36. The number of ether oxygens (including phenoxy) is 1. The van der Waals surface area contributed by atoms with Gasteiger partial charge in [-0.05, 0) is 82.7 Å². The van der Waals surface area contributed by atoms with E-state index in [0.29, 0.717) is 13.0 Å². The summed E-state index contributed by atoms with van der Waals surface area (Å²) in [5, 5.41) is 15.9. The van der Waals surface area contributed by atoms with Crippen molar-refractivity contribution in [3.05, 3.63) is 64.7 Å². The minimum Gasteiger partial charge on any atom is -0.508 e. The molecule has 2 aromatic carbocycles. The van der Waals surface area contributed by atoms with Gasteiger partial charge in [0.2, 0.25) is 11.8 Å². The smallest absolute Gasteiger partial charge is 0.408 e. The number of benzene rings is 2. The van der Waals surface area contributed by atoms with Crippen LogP contribution in [0, 0.1) is 13.8 Å². The number of hydrogen-bond donors (Lipinski definition) is 3. The molecule has 0 radical (unpaired) electrons. The number of amides is 3. The number of carbonyl (C=O) groups excluding carboxylic acids is 3. The Labute approximate surface area is 251 Å². The molecule has 1 aliphatic rings. The molecule has 2 aromatic rings. The number of hydrogen-bond acceptors (Lipinski definition) is 5. The van der Waals surface area contributed by atoms with Crippen molar-refractivity contribution in [1.29, 1.82) is 0 Å². The first-order valence-corrected chi connectivity index (χ1v) is 15.3. The van der Waals surface area contributed by atoms with E-state index in [1.807, 2.05) is 39.0 Å². The summed E-state index contributed by atoms with van der Waals surface area (Å²) in [7, 11) is 0. The second-order valence-electron chi connectivity index (χ2n) is 12.6. The SMILES string of the molecule is CCCCN(C(=O)C(Cc1ccc(O)cc1)NC(=O)OC(C)(C)C)C(C(=O)NC1CCCCC1)c1cc(C)ccc1C. The van der Waals surface area contributed by atoms with E-state index in [4.69, 9.17) is 4.74 Å². The fourth-order valence-electron chi connectivity index (χ4n) is 5.44. The van der Waals surface area contributed by atoms with Crippen LogP contribution in [0.25, 0.3) is 0 Å². The average Bonchev–Trinajstić information content (AvgIpc) is 2.92. The average molecular weight is 580 g/mol. The highest BCUT2D eigenvalue weighted by Crippen LogP contribution is 2.29. The van der Waals surface area contributed by atoms with E-state index in [9.17, 15) is 19.5 Å². The van der Waals surface area contributed by atoms with Crippen molar-refractivity contribution < 1.29 is 24.2 Å². The van der Waals surface area contributed by atoms with Gasteiger partial charge in [0.15, 0.2) is 0 Å². The van der Waals surface area contributed by atoms with Crippen LogP contribution in [0.3, 0.4) is 0 Å². The lowest BCUT2D eigenvalue weighted by atomic mass is 9.92. The monoisotopic (exact) mass is 579 g/mol. The zero-order valence-corrected chi connectivity index (χ0v) is 26.2. The maximum atomic E-state index is 14.6. The van der Waals surface area contributed by atoms with E-state index in [0.717, 1.165) is 54.4 Å². The van der Waals surface area contributed by atoms with Crippen LogP contribution in [-0.4, -0.2) is 52.1 Å². The molecule has 8 nitrogen and oxygen atoms in total. The lowest BCUT2D eigenvalue weighted by Crippen LogP contribution is -2.54. The number of aromatic hydroxyl groups is 1. The van der Waals surface area contributed by atoms with Gasteiger partial charge >= 0.3 is 6.09 Å². The largest absolute Gasteiger partial charge is 0.508 e. The van der Waals surface area contributed by atoms with Crippen molar-refractivity contribution in [3.8, 4) is 5.75 Å². The molecule has 1 fully saturated rings. The first-order valence-electron chi connectivity index (χ1n) is 15.3. The minimum atomic E-state index is -0.989. The summed E-state index contributed by atoms with van der Waals surface area (Å²) in [4.78, 5) is 43.3. The second kappa shape index (κ2) is 15.1. The van der Waals surface area contributed by atoms with Crippen LogP contribution in [0.5, 0.6) is 5.75 Å². The Morgan fingerprint density at radius 3 is 2.31 bits per heavy atom. The van der Waals surface area contributed by atoms with Gasteiger partial charge in [0.05, 0.1) is 0 Å². The van der Waals surface area contributed by atoms with Gasteiger partial charge in [-0.1, -0.05) is 68.5 Å². The Hall–Kier alpha value is -3.55. The summed E-state index contributed by atoms with van der Waals surface area (Å²) in [6.45, 7) is 11.6. The molecule has 3 rings (SSSR count). The quantitative estimate of drug-likeness (QED) is 0.291. The Morgan fingerprint density at radius 2 is 1.69 bits per heavy atom. The molecule has 0 heterocycles. The lowest BCUT2D eigenvalue weighted by molar-refractivity contribution is -0.143. The van der Waals surface area contributed by atoms with Crippen molar-refractivity contribution in [2.75, 3.05) is 6.54 Å². The van der Waals surface area contributed by atoms with Gasteiger partial charge in [0, 0.05) is 19.0 Å². The molecule has 42 heavy (non-hydrogen) atoms. The highest BCUT2D eigenvalue weighted by Gasteiger charge is 2.37. The molecule has 2 unspecified atom stereocenters. The topological polar surface area (TPSA) is 108 Å². The molecule has 3 amide bonds. The number of rotatable bonds is 11. The van der Waals surface area contributed by atoms with Crippen LogP contribution in [0.4, 0.5) is 4.79 Å². The van der Waals surface area contributed by atoms with Crippen molar-refractivity contribution in [3.63, 3.8) is 0 Å². The third kappa shape index (κ3) is 9.78. The van der Waals surface area contributed by atoms with Gasteiger partial charge in [-0.3, -0.25) is 9.59 Å². The van der Waals surface area contributed by atoms with Crippen LogP contribution in [0.15, 0.2) is 42.5 Å². The fraction of sp³-hybridized carbons (Fsp3) is 0.559. The molecule has 0 aromatic heterocycles. The summed E-state index contributed by atoms with van der Waals surface area (Å²) in [6, 6.07) is 10.8. The maximum absolute atomic E-state index is 14.6. The van der Waals surface area contributed by atoms with Gasteiger partial charge in [0.25, 0.3) is 0 Å². The predicted molar refractivity (Wildman–Crippen MR) is 165 cm³/mol. The predicted octanol–water partition coefficient (Wildman–Crippen LogP) is 6.26. The number of phenols is 1. The number of nitrogens with zero attached hydrogens (tertiary/aromatic N) is 1. The summed E-state index contributed by atoms with van der Waals surface area (Å²) < 4.78 is 5.52. The molecule has 3 N–H and O–H groups in total. The summed E-state index contributed by atoms with van der Waals surface area (Å²) in [5.74, 6) is -0.437. The Balaban J connectivity index is 2.05. The maximum Gasteiger partial charge on any atom is 0.408 e. The van der Waals surface area contributed by atoms with Gasteiger partial charge in [-0.25, -0.2) is 4.79 Å². The number of aryl methyl sites for hydroxylation is 2. The summed E-state index contributed by atoms with van der Waals surface area (Å²) in [5.41, 5.74) is 2.72. The van der Waals surface area contributed by atoms with Gasteiger partial charge < -0.3 is 25.4 Å². The third-order valence-electron chi connectivity index (χ3n) is 7.64. The molecular weight excluding hydrogens is 530 g/mol.